The lowest BCUT2D eigenvalue weighted by molar-refractivity contribution is 1.09. The summed E-state index contributed by atoms with van der Waals surface area (Å²) < 4.78 is 0. The van der Waals surface area contributed by atoms with Gasteiger partial charge >= 0.3 is 0 Å². The number of hydrogen-bond donors (Lipinski definition) is 1. The highest BCUT2D eigenvalue weighted by molar-refractivity contribution is 8.11. The maximum absolute atomic E-state index is 6.44. The maximum atomic E-state index is 6.44. The lowest BCUT2D eigenvalue weighted by Crippen LogP contribution is -1.59. The predicted octanol–water partition coefficient (Wildman–Crippen LogP) is 3.79. The van der Waals surface area contributed by atoms with Gasteiger partial charge < -0.3 is 5.41 Å². The van der Waals surface area contributed by atoms with Crippen molar-refractivity contribution in [2.75, 3.05) is 5.75 Å². The van der Waals surface area contributed by atoms with Gasteiger partial charge in [0, 0.05) is 0 Å². The molecule has 0 aliphatic heterocycles. The summed E-state index contributed by atoms with van der Waals surface area (Å²) in [7, 11) is 0. The Morgan fingerprint density at radius 3 is 1.50 bits per heavy atom. The zero-order valence-electron chi connectivity index (χ0n) is 7.90. The average molecular weight is 163 g/mol. The van der Waals surface area contributed by atoms with Crippen molar-refractivity contribution < 1.29 is 0 Å². The SMILES string of the molecule is CC.CCC.CCSC=N. The third-order valence-electron chi connectivity index (χ3n) is 0.250. The third kappa shape index (κ3) is 96.9. The quantitative estimate of drug-likeness (QED) is 0.486. The van der Waals surface area contributed by atoms with E-state index in [0.29, 0.717) is 0 Å². The van der Waals surface area contributed by atoms with E-state index < -0.39 is 0 Å². The molecular weight excluding hydrogens is 142 g/mol. The normalized spacial score (nSPS) is 6.10. The van der Waals surface area contributed by atoms with Crippen LogP contribution in [0.25, 0.3) is 0 Å². The van der Waals surface area contributed by atoms with Gasteiger partial charge in [0.25, 0.3) is 0 Å². The first-order valence-electron chi connectivity index (χ1n) is 3.93. The summed E-state index contributed by atoms with van der Waals surface area (Å²) >= 11 is 1.50. The highest BCUT2D eigenvalue weighted by Crippen LogP contribution is 1.86. The van der Waals surface area contributed by atoms with Gasteiger partial charge in [-0.05, 0) is 5.75 Å². The molecule has 0 heterocycles. The van der Waals surface area contributed by atoms with Crippen LogP contribution in [-0.2, 0) is 0 Å². The van der Waals surface area contributed by atoms with Crippen molar-refractivity contribution in [3.8, 4) is 0 Å². The van der Waals surface area contributed by atoms with E-state index in [-0.39, 0.29) is 0 Å². The van der Waals surface area contributed by atoms with Crippen LogP contribution in [-0.4, -0.2) is 11.3 Å². The molecule has 0 bridgehead atoms. The molecule has 2 heteroatoms. The minimum Gasteiger partial charge on any atom is -0.302 e. The molecule has 0 aromatic carbocycles. The van der Waals surface area contributed by atoms with Crippen molar-refractivity contribution in [2.24, 2.45) is 0 Å². The second-order valence-electron chi connectivity index (χ2n) is 1.28. The number of nitrogens with one attached hydrogen (secondary N) is 1. The molecule has 1 N–H and O–H groups in total. The second-order valence-corrected chi connectivity index (χ2v) is 2.43. The van der Waals surface area contributed by atoms with Gasteiger partial charge in [-0.3, -0.25) is 0 Å². The summed E-state index contributed by atoms with van der Waals surface area (Å²) in [6.07, 6.45) is 1.25. The first kappa shape index (κ1) is 16.5. The van der Waals surface area contributed by atoms with Gasteiger partial charge in [0.15, 0.2) is 0 Å². The molecule has 0 amide bonds. The van der Waals surface area contributed by atoms with Crippen LogP contribution in [0.1, 0.15) is 41.0 Å². The second kappa shape index (κ2) is 35.9. The van der Waals surface area contributed by atoms with Crippen LogP contribution in [0.15, 0.2) is 0 Å². The van der Waals surface area contributed by atoms with Crippen molar-refractivity contribution in [3.05, 3.63) is 0 Å². The molecule has 0 fully saturated rings. The van der Waals surface area contributed by atoms with Crippen LogP contribution in [0.2, 0.25) is 0 Å². The van der Waals surface area contributed by atoms with Crippen LogP contribution >= 0.6 is 11.8 Å². The Labute approximate surface area is 70.1 Å². The molecular formula is C8H21NS. The van der Waals surface area contributed by atoms with Crippen LogP contribution in [0.4, 0.5) is 0 Å². The standard InChI is InChI=1S/C3H7NS.C3H8.C2H6/c1-2-5-3-4;1-3-2;1-2/h3-4H,2H2,1H3;3H2,1-2H3;1-2H3. The van der Waals surface area contributed by atoms with E-state index in [2.05, 4.69) is 13.8 Å². The Hall–Kier alpha value is 0.0200. The van der Waals surface area contributed by atoms with E-state index in [1.807, 2.05) is 20.8 Å². The fourth-order valence-corrected chi connectivity index (χ4v) is 0.250. The monoisotopic (exact) mass is 163 g/mol. The highest BCUT2D eigenvalue weighted by Gasteiger charge is 1.62. The molecule has 0 atom stereocenters. The van der Waals surface area contributed by atoms with Crippen LogP contribution in [0.3, 0.4) is 0 Å². The van der Waals surface area contributed by atoms with Gasteiger partial charge in [0.05, 0.1) is 5.55 Å². The largest absolute Gasteiger partial charge is 0.302 e. The molecule has 10 heavy (non-hydrogen) atoms. The van der Waals surface area contributed by atoms with E-state index in [0.717, 1.165) is 5.75 Å². The van der Waals surface area contributed by atoms with Crippen molar-refractivity contribution in [3.63, 3.8) is 0 Å². The first-order chi connectivity index (χ1) is 4.83. The fraction of sp³-hybridized carbons (Fsp3) is 0.875. The molecule has 0 aliphatic carbocycles. The Morgan fingerprint density at radius 2 is 1.50 bits per heavy atom. The first-order valence-corrected chi connectivity index (χ1v) is 4.98. The summed E-state index contributed by atoms with van der Waals surface area (Å²) in [6.45, 7) is 10.3. The van der Waals surface area contributed by atoms with E-state index in [4.69, 9.17) is 5.41 Å². The van der Waals surface area contributed by atoms with Crippen LogP contribution in [0, 0.1) is 5.41 Å². The minimum atomic E-state index is 1.02. The van der Waals surface area contributed by atoms with E-state index in [9.17, 15) is 0 Å². The highest BCUT2D eigenvalue weighted by atomic mass is 32.2. The van der Waals surface area contributed by atoms with Crippen molar-refractivity contribution in [2.45, 2.75) is 41.0 Å². The van der Waals surface area contributed by atoms with Crippen molar-refractivity contribution >= 4 is 17.3 Å². The molecule has 0 spiro atoms. The summed E-state index contributed by atoms with van der Waals surface area (Å²) in [5.41, 5.74) is 1.35. The van der Waals surface area contributed by atoms with E-state index in [1.54, 1.807) is 0 Å². The van der Waals surface area contributed by atoms with Gasteiger partial charge in [0.1, 0.15) is 0 Å². The van der Waals surface area contributed by atoms with Crippen molar-refractivity contribution in [1.29, 1.82) is 5.41 Å². The minimum absolute atomic E-state index is 1.02. The zero-order chi connectivity index (χ0) is 8.83. The Morgan fingerprint density at radius 1 is 1.20 bits per heavy atom. The third-order valence-corrected chi connectivity index (χ3v) is 0.750. The number of rotatable bonds is 2. The molecule has 0 rings (SSSR count). The molecule has 0 aromatic rings. The molecule has 0 radical (unpaired) electrons. The average Bonchev–Trinajstić information content (AvgIpc) is 1.96. The molecule has 0 saturated heterocycles. The van der Waals surface area contributed by atoms with Gasteiger partial charge in [0.2, 0.25) is 0 Å². The van der Waals surface area contributed by atoms with Gasteiger partial charge in [-0.1, -0.05) is 41.0 Å². The Bertz CT molecular complexity index is 38.2. The molecule has 64 valence electrons. The van der Waals surface area contributed by atoms with E-state index >= 15 is 0 Å². The topological polar surface area (TPSA) is 23.9 Å². The maximum Gasteiger partial charge on any atom is 0.0506 e. The molecule has 1 nitrogen and oxygen atoms in total. The van der Waals surface area contributed by atoms with Gasteiger partial charge in [-0.15, -0.1) is 11.8 Å². The Balaban J connectivity index is -0.0000000847. The van der Waals surface area contributed by atoms with Crippen LogP contribution in [0.5, 0.6) is 0 Å². The Kier molecular flexibility index (Phi) is 59.4. The number of hydrogen-bond acceptors (Lipinski definition) is 2. The smallest absolute Gasteiger partial charge is 0.0506 e. The van der Waals surface area contributed by atoms with Gasteiger partial charge in [-0.2, -0.15) is 0 Å². The van der Waals surface area contributed by atoms with Gasteiger partial charge in [-0.25, -0.2) is 0 Å². The van der Waals surface area contributed by atoms with E-state index in [1.165, 1.54) is 23.7 Å². The molecule has 0 aliphatic rings. The zero-order valence-corrected chi connectivity index (χ0v) is 8.72. The molecule has 0 aromatic heterocycles. The van der Waals surface area contributed by atoms with Crippen molar-refractivity contribution in [1.82, 2.24) is 0 Å². The lowest BCUT2D eigenvalue weighted by Gasteiger charge is -1.72. The summed E-state index contributed by atoms with van der Waals surface area (Å²) in [6, 6.07) is 0. The molecule has 0 unspecified atom stereocenters. The number of thioether (sulfide) groups is 1. The predicted molar refractivity (Wildman–Crippen MR) is 54.2 cm³/mol. The summed E-state index contributed by atoms with van der Waals surface area (Å²) in [5, 5.41) is 6.44. The lowest BCUT2D eigenvalue weighted by atomic mass is 10.6. The summed E-state index contributed by atoms with van der Waals surface area (Å²) in [4.78, 5) is 0. The fourth-order valence-electron chi connectivity index (χ4n) is 0.0833. The molecule has 0 saturated carbocycles. The summed E-state index contributed by atoms with van der Waals surface area (Å²) in [5.74, 6) is 1.02. The van der Waals surface area contributed by atoms with Crippen LogP contribution < -0.4 is 0 Å².